The van der Waals surface area contributed by atoms with E-state index >= 15 is 0 Å². The summed E-state index contributed by atoms with van der Waals surface area (Å²) >= 11 is 0. The maximum Gasteiger partial charge on any atom is 0.0758 e. The molecular weight excluding hydrogens is 1060 g/mol. The molecule has 0 amide bonds. The minimum atomic E-state index is -0.0892. The highest BCUT2D eigenvalue weighted by Gasteiger charge is 2.65. The van der Waals surface area contributed by atoms with Crippen LogP contribution >= 0.6 is 0 Å². The molecule has 4 aromatic carbocycles. The zero-order chi connectivity index (χ0) is 58.1. The van der Waals surface area contributed by atoms with Crippen LogP contribution in [-0.2, 0) is 32.5 Å². The Morgan fingerprint density at radius 3 is 1.16 bits per heavy atom. The van der Waals surface area contributed by atoms with E-state index in [9.17, 15) is 0 Å². The number of aryl methyl sites for hydroxylation is 2. The molecule has 0 N–H and O–H groups in total. The van der Waals surface area contributed by atoms with E-state index in [1.54, 1.807) is 0 Å². The van der Waals surface area contributed by atoms with Crippen LogP contribution in [0.2, 0.25) is 0 Å². The first-order valence-electron chi connectivity index (χ1n) is 33.0. The van der Waals surface area contributed by atoms with Crippen molar-refractivity contribution in [1.29, 1.82) is 0 Å². The third kappa shape index (κ3) is 6.77. The fourth-order valence-electron chi connectivity index (χ4n) is 21.1. The minimum absolute atomic E-state index is 0.0276. The lowest BCUT2D eigenvalue weighted by atomic mass is 9.55. The lowest BCUT2D eigenvalue weighted by Crippen LogP contribution is -2.46. The number of pyridine rings is 6. The summed E-state index contributed by atoms with van der Waals surface area (Å²) in [5.41, 5.74) is 32.2. The first kappa shape index (κ1) is 52.0. The second kappa shape index (κ2) is 18.7. The summed E-state index contributed by atoms with van der Waals surface area (Å²) < 4.78 is 0. The largest absolute Gasteiger partial charge is 0.260 e. The average Bonchev–Trinajstić information content (AvgIpc) is 1.65. The summed E-state index contributed by atoms with van der Waals surface area (Å²) in [5.74, 6) is 0. The minimum Gasteiger partial charge on any atom is -0.260 e. The van der Waals surface area contributed by atoms with Gasteiger partial charge in [-0.2, -0.15) is 0 Å². The number of hydrogen-bond donors (Lipinski definition) is 0. The smallest absolute Gasteiger partial charge is 0.0758 e. The number of rotatable bonds is 8. The Balaban J connectivity index is 0.847. The fourth-order valence-corrected chi connectivity index (χ4v) is 21.1. The van der Waals surface area contributed by atoms with Crippen molar-refractivity contribution in [2.45, 2.75) is 169 Å². The highest BCUT2D eigenvalue weighted by molar-refractivity contribution is 5.96. The van der Waals surface area contributed by atoms with Crippen LogP contribution in [0.5, 0.6) is 0 Å². The number of fused-ring (bicyclic) bond motifs is 12. The summed E-state index contributed by atoms with van der Waals surface area (Å²) in [6.07, 6.45) is 32.8. The van der Waals surface area contributed by atoms with E-state index in [1.165, 1.54) is 212 Å². The van der Waals surface area contributed by atoms with Crippen LogP contribution < -0.4 is 0 Å². The standard InChI is InChI=1S/C81H74N6/c1-5-25-79-31-13-26-76(79,4)67-44-57(49-85-70(67)62-22-10-36-82-73(62)79)66-40-51(3)50(2)39-65(66)54-42-52(58-18-6-8-20-60(58)55-45-68-71(86-47-55)63-23-11-37-83-74(63)80-32-14-27-77(68,80)28-15-33-80)41-53(43-54)59-19-7-9-21-61(59)56-46-69-72(87-48-56)64-24-12-38-84-75(64)81-34-16-29-78(69,81)30-17-35-81/h6-12,18-24,36-49H,5,13-17,25-35H2,1-4H3. The van der Waals surface area contributed by atoms with Gasteiger partial charge < -0.3 is 0 Å². The van der Waals surface area contributed by atoms with E-state index in [4.69, 9.17) is 29.9 Å². The van der Waals surface area contributed by atoms with E-state index < -0.39 is 0 Å². The van der Waals surface area contributed by atoms with Gasteiger partial charge in [0.25, 0.3) is 0 Å². The SMILES string of the molecule is CCCC12CCCC1(C)c1cc(-c3cc(C)c(C)cc3-c3cc(-c4ccccc4-c4cnc5c(c4)C46CCCC4(CCC6)c4ncccc4-5)cc(-c4ccccc4-c4cnc5c(c4)C46CCCC4(CCC6)c4ncccc4-5)c3)cnc1-c1cccnc12. The number of hydrogen-bond acceptors (Lipinski definition) is 6. The normalized spacial score (nSPS) is 26.3. The van der Waals surface area contributed by atoms with Crippen molar-refractivity contribution in [2.24, 2.45) is 0 Å². The van der Waals surface area contributed by atoms with Gasteiger partial charge in [0.05, 0.1) is 34.2 Å². The maximum atomic E-state index is 5.55. The van der Waals surface area contributed by atoms with Crippen LogP contribution in [0.4, 0.5) is 0 Å². The first-order chi connectivity index (χ1) is 42.6. The summed E-state index contributed by atoms with van der Waals surface area (Å²) in [6, 6.07) is 51.6. The lowest BCUT2D eigenvalue weighted by Gasteiger charge is -2.48. The maximum absolute atomic E-state index is 5.55. The molecule has 6 nitrogen and oxygen atoms in total. The van der Waals surface area contributed by atoms with Gasteiger partial charge in [-0.15, -0.1) is 0 Å². The molecule has 18 rings (SSSR count). The molecule has 6 heteroatoms. The van der Waals surface area contributed by atoms with Gasteiger partial charge in [-0.25, -0.2) is 0 Å². The van der Waals surface area contributed by atoms with Crippen molar-refractivity contribution >= 4 is 0 Å². The molecule has 428 valence electrons. The van der Waals surface area contributed by atoms with E-state index in [1.807, 2.05) is 18.6 Å². The van der Waals surface area contributed by atoms with E-state index in [2.05, 4.69) is 180 Å². The molecule has 8 aliphatic rings. The van der Waals surface area contributed by atoms with Gasteiger partial charge in [-0.05, 0) is 235 Å². The molecule has 0 spiro atoms. The molecule has 0 bridgehead atoms. The van der Waals surface area contributed by atoms with Gasteiger partial charge in [-0.3, -0.25) is 29.9 Å². The molecule has 5 saturated carbocycles. The Hall–Kier alpha value is -8.22. The number of benzene rings is 4. The monoisotopic (exact) mass is 1130 g/mol. The Kier molecular flexibility index (Phi) is 11.1. The van der Waals surface area contributed by atoms with Crippen molar-refractivity contribution in [1.82, 2.24) is 29.9 Å². The molecule has 0 aliphatic heterocycles. The van der Waals surface area contributed by atoms with E-state index in [-0.39, 0.29) is 32.5 Å². The van der Waals surface area contributed by atoms with Crippen molar-refractivity contribution < 1.29 is 0 Å². The van der Waals surface area contributed by atoms with Gasteiger partial charge in [0.2, 0.25) is 0 Å². The summed E-state index contributed by atoms with van der Waals surface area (Å²) in [5, 5.41) is 0. The zero-order valence-electron chi connectivity index (χ0n) is 50.9. The van der Waals surface area contributed by atoms with E-state index in [0.29, 0.717) is 0 Å². The molecule has 6 aromatic heterocycles. The van der Waals surface area contributed by atoms with Crippen LogP contribution in [0.15, 0.2) is 171 Å². The number of nitrogens with zero attached hydrogens (tertiary/aromatic N) is 6. The van der Waals surface area contributed by atoms with Crippen LogP contribution in [0.3, 0.4) is 0 Å². The Morgan fingerprint density at radius 2 is 0.690 bits per heavy atom. The zero-order valence-corrected chi connectivity index (χ0v) is 50.9. The second-order valence-electron chi connectivity index (χ2n) is 28.2. The fraction of sp³-hybridized carbons (Fsp3) is 0.333. The predicted octanol–water partition coefficient (Wildman–Crippen LogP) is 19.9. The molecule has 0 radical (unpaired) electrons. The quantitative estimate of drug-likeness (QED) is 0.151. The van der Waals surface area contributed by atoms with Gasteiger partial charge in [-0.1, -0.05) is 113 Å². The topological polar surface area (TPSA) is 77.3 Å². The molecule has 6 heterocycles. The van der Waals surface area contributed by atoms with Crippen molar-refractivity contribution in [3.8, 4) is 101 Å². The van der Waals surface area contributed by atoms with Crippen LogP contribution in [0, 0.1) is 13.8 Å². The highest BCUT2D eigenvalue weighted by Crippen LogP contribution is 2.71. The molecule has 8 aliphatic carbocycles. The van der Waals surface area contributed by atoms with Crippen molar-refractivity contribution in [3.63, 3.8) is 0 Å². The molecule has 2 atom stereocenters. The molecule has 87 heavy (non-hydrogen) atoms. The predicted molar refractivity (Wildman–Crippen MR) is 352 cm³/mol. The molecular formula is C81H74N6. The molecule has 2 unspecified atom stereocenters. The lowest BCUT2D eigenvalue weighted by molar-refractivity contribution is 0.243. The van der Waals surface area contributed by atoms with Gasteiger partial charge in [0, 0.05) is 103 Å². The average molecular weight is 1130 g/mol. The van der Waals surface area contributed by atoms with Gasteiger partial charge in [0.15, 0.2) is 0 Å². The Morgan fingerprint density at radius 1 is 0.333 bits per heavy atom. The first-order valence-corrected chi connectivity index (χ1v) is 33.0. The molecule has 10 aromatic rings. The highest BCUT2D eigenvalue weighted by atomic mass is 14.9. The van der Waals surface area contributed by atoms with Gasteiger partial charge in [0.1, 0.15) is 0 Å². The molecule has 5 fully saturated rings. The summed E-state index contributed by atoms with van der Waals surface area (Å²) in [6.45, 7) is 9.46. The van der Waals surface area contributed by atoms with Gasteiger partial charge >= 0.3 is 0 Å². The van der Waals surface area contributed by atoms with Crippen LogP contribution in [0.1, 0.15) is 168 Å². The second-order valence-corrected chi connectivity index (χ2v) is 28.2. The Labute approximate surface area is 512 Å². The third-order valence-corrected chi connectivity index (χ3v) is 24.8. The van der Waals surface area contributed by atoms with Crippen LogP contribution in [0.25, 0.3) is 101 Å². The molecule has 0 saturated heterocycles. The van der Waals surface area contributed by atoms with Crippen molar-refractivity contribution in [3.05, 3.63) is 216 Å². The third-order valence-electron chi connectivity index (χ3n) is 24.8. The Bertz CT molecular complexity index is 4350. The van der Waals surface area contributed by atoms with Crippen molar-refractivity contribution in [2.75, 3.05) is 0 Å². The van der Waals surface area contributed by atoms with Crippen LogP contribution in [-0.4, -0.2) is 29.9 Å². The van der Waals surface area contributed by atoms with E-state index in [0.717, 1.165) is 42.8 Å². The summed E-state index contributed by atoms with van der Waals surface area (Å²) in [7, 11) is 0. The summed E-state index contributed by atoms with van der Waals surface area (Å²) in [4.78, 5) is 32.2. The number of aromatic nitrogens is 6.